The molecule has 1 aliphatic carbocycles. The second-order valence-electron chi connectivity index (χ2n) is 5.12. The van der Waals surface area contributed by atoms with Crippen LogP contribution in [-0.4, -0.2) is 21.9 Å². The third-order valence-corrected chi connectivity index (χ3v) is 3.45. The zero-order valence-electron chi connectivity index (χ0n) is 11.6. The fraction of sp³-hybridized carbons (Fsp3) is 0.267. The molecule has 1 aromatic carbocycles. The zero-order chi connectivity index (χ0) is 14.8. The van der Waals surface area contributed by atoms with Crippen LogP contribution in [0.1, 0.15) is 28.8 Å². The molecule has 0 spiro atoms. The molecular formula is C15H15ClN4O. The molecule has 0 radical (unpaired) electrons. The van der Waals surface area contributed by atoms with E-state index < -0.39 is 0 Å². The molecule has 0 atom stereocenters. The molecule has 5 nitrogen and oxygen atoms in total. The van der Waals surface area contributed by atoms with Gasteiger partial charge in [0.1, 0.15) is 5.82 Å². The molecule has 0 saturated heterocycles. The Hall–Kier alpha value is -2.14. The maximum absolute atomic E-state index is 11.9. The van der Waals surface area contributed by atoms with Gasteiger partial charge in [-0.2, -0.15) is 0 Å². The summed E-state index contributed by atoms with van der Waals surface area (Å²) >= 11 is 5.79. The zero-order valence-corrected chi connectivity index (χ0v) is 12.3. The van der Waals surface area contributed by atoms with E-state index in [-0.39, 0.29) is 11.2 Å². The van der Waals surface area contributed by atoms with Gasteiger partial charge in [0.15, 0.2) is 0 Å². The second kappa shape index (κ2) is 5.69. The molecule has 0 unspecified atom stereocenters. The van der Waals surface area contributed by atoms with Crippen molar-refractivity contribution in [3.8, 4) is 0 Å². The van der Waals surface area contributed by atoms with Crippen LogP contribution in [0.2, 0.25) is 5.28 Å². The van der Waals surface area contributed by atoms with E-state index in [1.54, 1.807) is 18.3 Å². The largest absolute Gasteiger partial charge is 0.349 e. The SMILES string of the molecule is Cc1cnc(Cl)nc1Nc1ccc(C(=O)NC2CC2)cc1. The number of carbonyl (C=O) groups excluding carboxylic acids is 1. The second-order valence-corrected chi connectivity index (χ2v) is 5.46. The number of benzene rings is 1. The van der Waals surface area contributed by atoms with Gasteiger partial charge in [-0.3, -0.25) is 4.79 Å². The molecule has 2 aromatic rings. The Labute approximate surface area is 127 Å². The van der Waals surface area contributed by atoms with Gasteiger partial charge >= 0.3 is 0 Å². The van der Waals surface area contributed by atoms with Crippen molar-refractivity contribution in [1.29, 1.82) is 0 Å². The summed E-state index contributed by atoms with van der Waals surface area (Å²) in [6.45, 7) is 1.90. The van der Waals surface area contributed by atoms with Gasteiger partial charge in [-0.25, -0.2) is 9.97 Å². The molecule has 0 bridgehead atoms. The highest BCUT2D eigenvalue weighted by Crippen LogP contribution is 2.21. The normalized spacial score (nSPS) is 13.8. The Morgan fingerprint density at radius 1 is 1.29 bits per heavy atom. The van der Waals surface area contributed by atoms with E-state index in [0.29, 0.717) is 17.4 Å². The number of hydrogen-bond donors (Lipinski definition) is 2. The van der Waals surface area contributed by atoms with Gasteiger partial charge in [-0.1, -0.05) is 0 Å². The molecule has 21 heavy (non-hydrogen) atoms. The van der Waals surface area contributed by atoms with Crippen LogP contribution in [0, 0.1) is 6.92 Å². The van der Waals surface area contributed by atoms with Crippen molar-refractivity contribution < 1.29 is 4.79 Å². The Morgan fingerprint density at radius 3 is 2.67 bits per heavy atom. The molecule has 1 amide bonds. The van der Waals surface area contributed by atoms with Crippen molar-refractivity contribution in [2.75, 3.05) is 5.32 Å². The van der Waals surface area contributed by atoms with Crippen LogP contribution < -0.4 is 10.6 Å². The first kappa shape index (κ1) is 13.8. The first-order chi connectivity index (χ1) is 10.1. The van der Waals surface area contributed by atoms with Crippen LogP contribution in [0.15, 0.2) is 30.5 Å². The average molecular weight is 303 g/mol. The number of anilines is 2. The van der Waals surface area contributed by atoms with Gasteiger partial charge in [0.05, 0.1) is 0 Å². The van der Waals surface area contributed by atoms with Gasteiger partial charge < -0.3 is 10.6 Å². The maximum atomic E-state index is 11.9. The molecule has 0 aliphatic heterocycles. The number of hydrogen-bond acceptors (Lipinski definition) is 4. The van der Waals surface area contributed by atoms with E-state index in [1.165, 1.54) is 0 Å². The minimum absolute atomic E-state index is 0.0229. The molecule has 108 valence electrons. The smallest absolute Gasteiger partial charge is 0.251 e. The molecule has 1 fully saturated rings. The minimum atomic E-state index is -0.0229. The predicted octanol–water partition coefficient (Wildman–Crippen LogP) is 3.07. The molecule has 3 rings (SSSR count). The number of carbonyl (C=O) groups is 1. The van der Waals surface area contributed by atoms with Crippen molar-refractivity contribution in [2.24, 2.45) is 0 Å². The molecule has 6 heteroatoms. The summed E-state index contributed by atoms with van der Waals surface area (Å²) in [7, 11) is 0. The Morgan fingerprint density at radius 2 is 2.00 bits per heavy atom. The summed E-state index contributed by atoms with van der Waals surface area (Å²) < 4.78 is 0. The summed E-state index contributed by atoms with van der Waals surface area (Å²) in [6, 6.07) is 7.63. The number of nitrogens with zero attached hydrogens (tertiary/aromatic N) is 2. The molecule has 2 N–H and O–H groups in total. The number of halogens is 1. The Kier molecular flexibility index (Phi) is 3.75. The lowest BCUT2D eigenvalue weighted by atomic mass is 10.2. The molecule has 1 saturated carbocycles. The highest BCUT2D eigenvalue weighted by molar-refractivity contribution is 6.28. The van der Waals surface area contributed by atoms with Crippen molar-refractivity contribution in [3.05, 3.63) is 46.9 Å². The molecule has 1 aromatic heterocycles. The van der Waals surface area contributed by atoms with Crippen molar-refractivity contribution in [1.82, 2.24) is 15.3 Å². The van der Waals surface area contributed by atoms with E-state index in [2.05, 4.69) is 20.6 Å². The Balaban J connectivity index is 1.71. The van der Waals surface area contributed by atoms with E-state index in [9.17, 15) is 4.79 Å². The van der Waals surface area contributed by atoms with E-state index >= 15 is 0 Å². The monoisotopic (exact) mass is 302 g/mol. The highest BCUT2D eigenvalue weighted by atomic mass is 35.5. The van der Waals surface area contributed by atoms with Crippen LogP contribution in [0.3, 0.4) is 0 Å². The molecule has 1 heterocycles. The average Bonchev–Trinajstić information content (AvgIpc) is 3.27. The van der Waals surface area contributed by atoms with Crippen LogP contribution in [0.25, 0.3) is 0 Å². The summed E-state index contributed by atoms with van der Waals surface area (Å²) in [5.74, 6) is 0.635. The van der Waals surface area contributed by atoms with Crippen LogP contribution >= 0.6 is 11.6 Å². The number of amides is 1. The predicted molar refractivity (Wildman–Crippen MR) is 82.0 cm³/mol. The lowest BCUT2D eigenvalue weighted by molar-refractivity contribution is 0.0951. The number of aromatic nitrogens is 2. The quantitative estimate of drug-likeness (QED) is 0.852. The molecule has 1 aliphatic rings. The topological polar surface area (TPSA) is 66.9 Å². The van der Waals surface area contributed by atoms with Gasteiger partial charge in [0, 0.05) is 29.1 Å². The fourth-order valence-electron chi connectivity index (χ4n) is 1.89. The standard InChI is InChI=1S/C15H15ClN4O/c1-9-8-17-15(16)20-13(9)18-11-4-2-10(3-5-11)14(21)19-12-6-7-12/h2-5,8,12H,6-7H2,1H3,(H,19,21)(H,17,18,20). The van der Waals surface area contributed by atoms with E-state index in [4.69, 9.17) is 11.6 Å². The fourth-order valence-corrected chi connectivity index (χ4v) is 2.02. The summed E-state index contributed by atoms with van der Waals surface area (Å²) in [4.78, 5) is 19.9. The van der Waals surface area contributed by atoms with Crippen molar-refractivity contribution >= 4 is 29.0 Å². The van der Waals surface area contributed by atoms with E-state index in [0.717, 1.165) is 24.1 Å². The summed E-state index contributed by atoms with van der Waals surface area (Å²) in [5, 5.41) is 6.32. The summed E-state index contributed by atoms with van der Waals surface area (Å²) in [6.07, 6.45) is 3.83. The first-order valence-electron chi connectivity index (χ1n) is 6.79. The van der Waals surface area contributed by atoms with Crippen molar-refractivity contribution in [2.45, 2.75) is 25.8 Å². The van der Waals surface area contributed by atoms with Gasteiger partial charge in [0.25, 0.3) is 5.91 Å². The first-order valence-corrected chi connectivity index (χ1v) is 7.17. The highest BCUT2D eigenvalue weighted by Gasteiger charge is 2.23. The minimum Gasteiger partial charge on any atom is -0.349 e. The maximum Gasteiger partial charge on any atom is 0.251 e. The lowest BCUT2D eigenvalue weighted by Crippen LogP contribution is -2.25. The lowest BCUT2D eigenvalue weighted by Gasteiger charge is -2.09. The van der Waals surface area contributed by atoms with Gasteiger partial charge in [-0.05, 0) is 55.6 Å². The van der Waals surface area contributed by atoms with Crippen LogP contribution in [-0.2, 0) is 0 Å². The number of nitrogens with one attached hydrogen (secondary N) is 2. The van der Waals surface area contributed by atoms with Crippen LogP contribution in [0.4, 0.5) is 11.5 Å². The van der Waals surface area contributed by atoms with Gasteiger partial charge in [0.2, 0.25) is 5.28 Å². The summed E-state index contributed by atoms with van der Waals surface area (Å²) in [5.41, 5.74) is 2.40. The molecular weight excluding hydrogens is 288 g/mol. The van der Waals surface area contributed by atoms with Crippen molar-refractivity contribution in [3.63, 3.8) is 0 Å². The number of aryl methyl sites for hydroxylation is 1. The number of rotatable bonds is 4. The van der Waals surface area contributed by atoms with E-state index in [1.807, 2.05) is 19.1 Å². The van der Waals surface area contributed by atoms with Crippen LogP contribution in [0.5, 0.6) is 0 Å². The third kappa shape index (κ3) is 3.49. The third-order valence-electron chi connectivity index (χ3n) is 3.26. The Bertz CT molecular complexity index is 668. The van der Waals surface area contributed by atoms with Gasteiger partial charge in [-0.15, -0.1) is 0 Å².